The zero-order chi connectivity index (χ0) is 19.3. The molecule has 1 atom stereocenters. The molecule has 4 rings (SSSR count). The van der Waals surface area contributed by atoms with Crippen molar-refractivity contribution in [2.45, 2.75) is 17.7 Å². The Morgan fingerprint density at radius 3 is 2.86 bits per heavy atom. The highest BCUT2D eigenvalue weighted by Gasteiger charge is 2.22. The summed E-state index contributed by atoms with van der Waals surface area (Å²) < 4.78 is 16.4. The van der Waals surface area contributed by atoms with E-state index in [1.54, 1.807) is 7.11 Å². The Kier molecular flexibility index (Phi) is 5.48. The topological polar surface area (TPSA) is 86.5 Å². The predicted octanol–water partition coefficient (Wildman–Crippen LogP) is 3.48. The number of nitrogens with zero attached hydrogens (tertiary/aromatic N) is 2. The first-order chi connectivity index (χ1) is 13.7. The molecule has 3 aromatic rings. The molecule has 144 valence electrons. The molecule has 0 spiro atoms. The van der Waals surface area contributed by atoms with E-state index in [-0.39, 0.29) is 17.7 Å². The van der Waals surface area contributed by atoms with Crippen molar-refractivity contribution in [1.29, 1.82) is 0 Å². The standard InChI is InChI=1S/C20H19N3O4S/c1-25-14-8-6-13(7-9-14)19-22-23-20(27-19)28-12-18(24)21-16-10-11-26-17-5-3-2-4-15(16)17/h2-9,16H,10-12H2,1H3,(H,21,24). The van der Waals surface area contributed by atoms with Gasteiger partial charge in [-0.05, 0) is 30.3 Å². The summed E-state index contributed by atoms with van der Waals surface area (Å²) in [7, 11) is 1.61. The average Bonchev–Trinajstić information content (AvgIpc) is 3.22. The first kappa shape index (κ1) is 18.4. The number of fused-ring (bicyclic) bond motifs is 1. The lowest BCUT2D eigenvalue weighted by Gasteiger charge is -2.26. The van der Waals surface area contributed by atoms with Gasteiger partial charge in [-0.25, -0.2) is 0 Å². The van der Waals surface area contributed by atoms with Crippen LogP contribution >= 0.6 is 11.8 Å². The monoisotopic (exact) mass is 397 g/mol. The van der Waals surface area contributed by atoms with Gasteiger partial charge in [0.25, 0.3) is 5.22 Å². The Hall–Kier alpha value is -3.00. The molecule has 2 heterocycles. The summed E-state index contributed by atoms with van der Waals surface area (Å²) in [5.74, 6) is 2.10. The van der Waals surface area contributed by atoms with Gasteiger partial charge in [0.2, 0.25) is 11.8 Å². The van der Waals surface area contributed by atoms with E-state index in [1.807, 2.05) is 48.5 Å². The maximum absolute atomic E-state index is 12.4. The van der Waals surface area contributed by atoms with Gasteiger partial charge in [-0.1, -0.05) is 30.0 Å². The van der Waals surface area contributed by atoms with Crippen LogP contribution in [0.1, 0.15) is 18.0 Å². The summed E-state index contributed by atoms with van der Waals surface area (Å²) in [6, 6.07) is 15.1. The van der Waals surface area contributed by atoms with Gasteiger partial charge in [-0.3, -0.25) is 4.79 Å². The van der Waals surface area contributed by atoms with Crippen molar-refractivity contribution >= 4 is 17.7 Å². The minimum absolute atomic E-state index is 0.0457. The smallest absolute Gasteiger partial charge is 0.277 e. The molecule has 0 aliphatic carbocycles. The number of rotatable bonds is 6. The number of ether oxygens (including phenoxy) is 2. The fourth-order valence-corrected chi connectivity index (χ4v) is 3.55. The number of carbonyl (C=O) groups is 1. The summed E-state index contributed by atoms with van der Waals surface area (Å²) in [5.41, 5.74) is 1.80. The zero-order valence-corrected chi connectivity index (χ0v) is 16.1. The fraction of sp³-hybridized carbons (Fsp3) is 0.250. The van der Waals surface area contributed by atoms with E-state index in [1.165, 1.54) is 11.8 Å². The third kappa shape index (κ3) is 4.12. The van der Waals surface area contributed by atoms with Crippen LogP contribution in [0, 0.1) is 0 Å². The quantitative estimate of drug-likeness (QED) is 0.637. The van der Waals surface area contributed by atoms with Crippen LogP contribution in [0.15, 0.2) is 58.2 Å². The summed E-state index contributed by atoms with van der Waals surface area (Å²) in [4.78, 5) is 12.4. The molecule has 1 N–H and O–H groups in total. The molecule has 2 aromatic carbocycles. The highest BCUT2D eigenvalue weighted by atomic mass is 32.2. The van der Waals surface area contributed by atoms with E-state index in [9.17, 15) is 4.79 Å². The Bertz CT molecular complexity index is 958. The van der Waals surface area contributed by atoms with Crippen molar-refractivity contribution in [2.24, 2.45) is 0 Å². The Morgan fingerprint density at radius 1 is 1.21 bits per heavy atom. The van der Waals surface area contributed by atoms with Gasteiger partial charge < -0.3 is 19.2 Å². The summed E-state index contributed by atoms with van der Waals surface area (Å²) in [6.45, 7) is 0.587. The van der Waals surface area contributed by atoms with Crippen LogP contribution < -0.4 is 14.8 Å². The lowest BCUT2D eigenvalue weighted by Crippen LogP contribution is -2.33. The molecule has 0 fully saturated rings. The molecule has 1 amide bonds. The van der Waals surface area contributed by atoms with Gasteiger partial charge in [0.05, 0.1) is 25.5 Å². The van der Waals surface area contributed by atoms with Gasteiger partial charge >= 0.3 is 0 Å². The number of benzene rings is 2. The third-order valence-electron chi connectivity index (χ3n) is 4.36. The highest BCUT2D eigenvalue weighted by Crippen LogP contribution is 2.31. The molecular weight excluding hydrogens is 378 g/mol. The van der Waals surface area contributed by atoms with Crippen molar-refractivity contribution in [2.75, 3.05) is 19.5 Å². The maximum Gasteiger partial charge on any atom is 0.277 e. The van der Waals surface area contributed by atoms with Crippen LogP contribution in [-0.2, 0) is 4.79 Å². The summed E-state index contributed by atoms with van der Waals surface area (Å²) >= 11 is 1.21. The van der Waals surface area contributed by atoms with E-state index in [2.05, 4.69) is 15.5 Å². The molecule has 1 unspecified atom stereocenters. The van der Waals surface area contributed by atoms with Gasteiger partial charge in [0.1, 0.15) is 11.5 Å². The third-order valence-corrected chi connectivity index (χ3v) is 5.18. The molecule has 7 nitrogen and oxygen atoms in total. The molecule has 0 saturated heterocycles. The van der Waals surface area contributed by atoms with E-state index >= 15 is 0 Å². The molecule has 8 heteroatoms. The second kappa shape index (κ2) is 8.35. The molecule has 0 radical (unpaired) electrons. The molecule has 1 aromatic heterocycles. The Labute approximate surface area is 166 Å². The number of aromatic nitrogens is 2. The van der Waals surface area contributed by atoms with Crippen LogP contribution in [0.4, 0.5) is 0 Å². The van der Waals surface area contributed by atoms with Crippen LogP contribution in [0.25, 0.3) is 11.5 Å². The predicted molar refractivity (Wildman–Crippen MR) is 104 cm³/mol. The number of carbonyl (C=O) groups excluding carboxylic acids is 1. The number of nitrogens with one attached hydrogen (secondary N) is 1. The fourth-order valence-electron chi connectivity index (χ4n) is 2.97. The average molecular weight is 397 g/mol. The highest BCUT2D eigenvalue weighted by molar-refractivity contribution is 7.99. The van der Waals surface area contributed by atoms with E-state index in [0.29, 0.717) is 17.7 Å². The number of hydrogen-bond acceptors (Lipinski definition) is 7. The molecular formula is C20H19N3O4S. The molecule has 0 saturated carbocycles. The van der Waals surface area contributed by atoms with Crippen LogP contribution in [0.5, 0.6) is 11.5 Å². The molecule has 1 aliphatic heterocycles. The number of para-hydroxylation sites is 1. The minimum Gasteiger partial charge on any atom is -0.497 e. The van der Waals surface area contributed by atoms with E-state index < -0.39 is 0 Å². The number of thioether (sulfide) groups is 1. The Balaban J connectivity index is 1.34. The van der Waals surface area contributed by atoms with E-state index in [4.69, 9.17) is 13.9 Å². The molecule has 0 bridgehead atoms. The minimum atomic E-state index is -0.0871. The van der Waals surface area contributed by atoms with Gasteiger partial charge in [0, 0.05) is 17.5 Å². The second-order valence-corrected chi connectivity index (χ2v) is 7.11. The summed E-state index contributed by atoms with van der Waals surface area (Å²) in [5, 5.41) is 11.5. The first-order valence-electron chi connectivity index (χ1n) is 8.85. The number of amides is 1. The van der Waals surface area contributed by atoms with Gasteiger partial charge in [-0.15, -0.1) is 10.2 Å². The normalized spacial score (nSPS) is 15.4. The lowest BCUT2D eigenvalue weighted by atomic mass is 10.0. The van der Waals surface area contributed by atoms with Crippen molar-refractivity contribution < 1.29 is 18.7 Å². The number of methoxy groups -OCH3 is 1. The first-order valence-corrected chi connectivity index (χ1v) is 9.83. The molecule has 1 aliphatic rings. The SMILES string of the molecule is COc1ccc(-c2nnc(SCC(=O)NC3CCOc4ccccc43)o2)cc1. The van der Waals surface area contributed by atoms with Crippen LogP contribution in [0.2, 0.25) is 0 Å². The van der Waals surface area contributed by atoms with E-state index in [0.717, 1.165) is 29.0 Å². The van der Waals surface area contributed by atoms with Gasteiger partial charge in [-0.2, -0.15) is 0 Å². The molecule has 28 heavy (non-hydrogen) atoms. The Morgan fingerprint density at radius 2 is 2.04 bits per heavy atom. The second-order valence-electron chi connectivity index (χ2n) is 6.19. The lowest BCUT2D eigenvalue weighted by molar-refractivity contribution is -0.119. The summed E-state index contributed by atoms with van der Waals surface area (Å²) in [6.07, 6.45) is 0.746. The van der Waals surface area contributed by atoms with Crippen molar-refractivity contribution in [1.82, 2.24) is 15.5 Å². The van der Waals surface area contributed by atoms with Crippen LogP contribution in [-0.4, -0.2) is 35.6 Å². The number of hydrogen-bond donors (Lipinski definition) is 1. The zero-order valence-electron chi connectivity index (χ0n) is 15.3. The maximum atomic E-state index is 12.4. The van der Waals surface area contributed by atoms with Crippen molar-refractivity contribution in [3.63, 3.8) is 0 Å². The largest absolute Gasteiger partial charge is 0.497 e. The van der Waals surface area contributed by atoms with Crippen molar-refractivity contribution in [3.8, 4) is 23.0 Å². The van der Waals surface area contributed by atoms with Crippen molar-refractivity contribution in [3.05, 3.63) is 54.1 Å². The van der Waals surface area contributed by atoms with Gasteiger partial charge in [0.15, 0.2) is 0 Å². The van der Waals surface area contributed by atoms with Crippen LogP contribution in [0.3, 0.4) is 0 Å².